The Bertz CT molecular complexity index is 795. The van der Waals surface area contributed by atoms with Crippen LogP contribution in [0.25, 0.3) is 0 Å². The van der Waals surface area contributed by atoms with Gasteiger partial charge in [0.15, 0.2) is 4.90 Å². The highest BCUT2D eigenvalue weighted by molar-refractivity contribution is 7.89. The van der Waals surface area contributed by atoms with E-state index in [4.69, 9.17) is 0 Å². The second-order valence-corrected chi connectivity index (χ2v) is 7.75. The number of rotatable bonds is 3. The fourth-order valence-electron chi connectivity index (χ4n) is 3.35. The third kappa shape index (κ3) is 2.46. The molecule has 2 aliphatic heterocycles. The number of sulfonamides is 1. The lowest BCUT2D eigenvalue weighted by Crippen LogP contribution is -2.49. The summed E-state index contributed by atoms with van der Waals surface area (Å²) in [6.07, 6.45) is -0.756. The third-order valence-electron chi connectivity index (χ3n) is 4.46. The molecule has 0 saturated carbocycles. The molecule has 3 rings (SSSR count). The molecule has 10 heteroatoms. The monoisotopic (exact) mass is 355 g/mol. The van der Waals surface area contributed by atoms with Gasteiger partial charge in [-0.2, -0.15) is 4.31 Å². The van der Waals surface area contributed by atoms with Crippen molar-refractivity contribution in [1.29, 1.82) is 0 Å². The fraction of sp³-hybridized carbons (Fsp3) is 0.500. The lowest BCUT2D eigenvalue weighted by atomic mass is 10.1. The van der Waals surface area contributed by atoms with E-state index in [1.165, 1.54) is 30.0 Å². The van der Waals surface area contributed by atoms with Crippen LogP contribution in [0.15, 0.2) is 29.2 Å². The summed E-state index contributed by atoms with van der Waals surface area (Å²) in [5.41, 5.74) is -0.522. The molecule has 130 valence electrons. The zero-order valence-corrected chi connectivity index (χ0v) is 13.7. The molecule has 1 N–H and O–H groups in total. The molecule has 1 aromatic carbocycles. The second kappa shape index (κ2) is 5.80. The molecule has 9 nitrogen and oxygen atoms in total. The first kappa shape index (κ1) is 16.8. The predicted molar refractivity (Wildman–Crippen MR) is 82.3 cm³/mol. The topological polar surface area (TPSA) is 121 Å². The summed E-state index contributed by atoms with van der Waals surface area (Å²) in [6.45, 7) is 1.52. The number of nitro groups is 1. The average molecular weight is 355 g/mol. The van der Waals surface area contributed by atoms with Crippen LogP contribution in [0.4, 0.5) is 5.69 Å². The van der Waals surface area contributed by atoms with Crippen molar-refractivity contribution in [3.63, 3.8) is 0 Å². The number of aliphatic hydroxyl groups excluding tert-OH is 1. The molecule has 2 fully saturated rings. The molecule has 0 aliphatic carbocycles. The summed E-state index contributed by atoms with van der Waals surface area (Å²) in [4.78, 5) is 23.7. The van der Waals surface area contributed by atoms with Gasteiger partial charge in [0.2, 0.25) is 5.91 Å². The zero-order valence-electron chi connectivity index (χ0n) is 12.9. The van der Waals surface area contributed by atoms with E-state index in [9.17, 15) is 28.4 Å². The van der Waals surface area contributed by atoms with Gasteiger partial charge in [-0.05, 0) is 25.8 Å². The minimum absolute atomic E-state index is 0.0662. The van der Waals surface area contributed by atoms with E-state index in [0.29, 0.717) is 6.42 Å². The third-order valence-corrected chi connectivity index (χ3v) is 6.47. The molecule has 1 amide bonds. The van der Waals surface area contributed by atoms with Crippen LogP contribution >= 0.6 is 0 Å². The van der Waals surface area contributed by atoms with Gasteiger partial charge in [0.1, 0.15) is 12.2 Å². The highest BCUT2D eigenvalue weighted by Crippen LogP contribution is 2.36. The summed E-state index contributed by atoms with van der Waals surface area (Å²) in [5, 5.41) is 20.9. The van der Waals surface area contributed by atoms with E-state index in [1.54, 1.807) is 0 Å². The van der Waals surface area contributed by atoms with Gasteiger partial charge in [0.25, 0.3) is 15.7 Å². The maximum Gasteiger partial charge on any atom is 0.289 e. The number of para-hydroxylation sites is 1. The van der Waals surface area contributed by atoms with E-state index in [1.807, 2.05) is 0 Å². The van der Waals surface area contributed by atoms with Gasteiger partial charge in [-0.3, -0.25) is 14.9 Å². The number of nitrogens with zero attached hydrogens (tertiary/aromatic N) is 3. The summed E-state index contributed by atoms with van der Waals surface area (Å²) in [6, 6.07) is 4.12. The number of piperidine rings is 1. The Morgan fingerprint density at radius 2 is 1.96 bits per heavy atom. The van der Waals surface area contributed by atoms with Crippen LogP contribution < -0.4 is 0 Å². The van der Waals surface area contributed by atoms with Crippen molar-refractivity contribution in [2.24, 2.45) is 0 Å². The molecule has 0 radical (unpaired) electrons. The van der Waals surface area contributed by atoms with Gasteiger partial charge in [0, 0.05) is 12.6 Å². The van der Waals surface area contributed by atoms with Gasteiger partial charge in [-0.1, -0.05) is 12.1 Å². The van der Waals surface area contributed by atoms with E-state index < -0.39 is 49.7 Å². The summed E-state index contributed by atoms with van der Waals surface area (Å²) < 4.78 is 27.1. The molecule has 24 heavy (non-hydrogen) atoms. The van der Waals surface area contributed by atoms with Crippen LogP contribution in [0.1, 0.15) is 19.8 Å². The Balaban J connectivity index is 2.07. The van der Waals surface area contributed by atoms with Crippen molar-refractivity contribution in [1.82, 2.24) is 9.21 Å². The predicted octanol–water partition coefficient (Wildman–Crippen LogP) is 0.297. The van der Waals surface area contributed by atoms with Crippen molar-refractivity contribution in [2.45, 2.75) is 43.0 Å². The first-order valence-electron chi connectivity index (χ1n) is 7.50. The van der Waals surface area contributed by atoms with Crippen molar-refractivity contribution in [3.05, 3.63) is 34.4 Å². The van der Waals surface area contributed by atoms with Crippen LogP contribution in [-0.2, 0) is 14.8 Å². The highest BCUT2D eigenvalue weighted by atomic mass is 32.2. The quantitative estimate of drug-likeness (QED) is 0.615. The van der Waals surface area contributed by atoms with E-state index in [-0.39, 0.29) is 13.0 Å². The SMILES string of the molecule is C[C@H]1C(=O)N2C[C@@H](O)CCC2N1S(=O)(=O)c1ccccc1[N+](=O)[O-]. The molecule has 2 heterocycles. The highest BCUT2D eigenvalue weighted by Gasteiger charge is 2.52. The molecule has 1 aromatic rings. The molecule has 2 saturated heterocycles. The van der Waals surface area contributed by atoms with Gasteiger partial charge >= 0.3 is 0 Å². The van der Waals surface area contributed by atoms with Crippen molar-refractivity contribution in [3.8, 4) is 0 Å². The molecule has 0 aromatic heterocycles. The molecule has 1 unspecified atom stereocenters. The maximum atomic E-state index is 13.0. The number of aliphatic hydroxyl groups is 1. The van der Waals surface area contributed by atoms with Crippen LogP contribution in [0, 0.1) is 10.1 Å². The number of fused-ring (bicyclic) bond motifs is 1. The van der Waals surface area contributed by atoms with Gasteiger partial charge in [-0.25, -0.2) is 8.42 Å². The minimum Gasteiger partial charge on any atom is -0.391 e. The van der Waals surface area contributed by atoms with Crippen LogP contribution in [0.5, 0.6) is 0 Å². The number of amides is 1. The first-order chi connectivity index (χ1) is 11.2. The standard InChI is InChI=1S/C14H17N3O6S/c1-9-14(19)15-8-10(18)6-7-13(15)16(9)24(22,23)12-5-3-2-4-11(12)17(20)21/h2-5,9-10,13,18H,6-8H2,1H3/t9-,10-,13?/m0/s1. The number of hydrogen-bond acceptors (Lipinski definition) is 6. The largest absolute Gasteiger partial charge is 0.391 e. The van der Waals surface area contributed by atoms with E-state index >= 15 is 0 Å². The number of carbonyl (C=O) groups excluding carboxylic acids is 1. The molecular weight excluding hydrogens is 338 g/mol. The Hall–Kier alpha value is -2.04. The molecule has 0 bridgehead atoms. The maximum absolute atomic E-state index is 13.0. The lowest BCUT2D eigenvalue weighted by molar-refractivity contribution is -0.387. The molecule has 2 aliphatic rings. The Kier molecular flexibility index (Phi) is 4.06. The van der Waals surface area contributed by atoms with Gasteiger partial charge < -0.3 is 10.0 Å². The van der Waals surface area contributed by atoms with Crippen LogP contribution in [0.2, 0.25) is 0 Å². The Morgan fingerprint density at radius 3 is 2.62 bits per heavy atom. The van der Waals surface area contributed by atoms with Crippen LogP contribution in [0.3, 0.4) is 0 Å². The fourth-order valence-corrected chi connectivity index (χ4v) is 5.28. The summed E-state index contributed by atoms with van der Waals surface area (Å²) in [5.74, 6) is -0.402. The summed E-state index contributed by atoms with van der Waals surface area (Å²) >= 11 is 0. The van der Waals surface area contributed by atoms with Crippen molar-refractivity contribution >= 4 is 21.6 Å². The van der Waals surface area contributed by atoms with Gasteiger partial charge in [0.05, 0.1) is 11.0 Å². The second-order valence-electron chi connectivity index (χ2n) is 5.94. The Labute approximate surface area is 138 Å². The first-order valence-corrected chi connectivity index (χ1v) is 8.94. The Morgan fingerprint density at radius 1 is 1.29 bits per heavy atom. The van der Waals surface area contributed by atoms with Crippen LogP contribution in [-0.4, -0.2) is 58.4 Å². The molecule has 0 spiro atoms. The lowest BCUT2D eigenvalue weighted by Gasteiger charge is -2.35. The normalized spacial score (nSPS) is 28.0. The number of benzene rings is 1. The number of carbonyl (C=O) groups is 1. The smallest absolute Gasteiger partial charge is 0.289 e. The summed E-state index contributed by atoms with van der Waals surface area (Å²) in [7, 11) is -4.24. The minimum atomic E-state index is -4.24. The van der Waals surface area contributed by atoms with E-state index in [2.05, 4.69) is 0 Å². The van der Waals surface area contributed by atoms with Crippen molar-refractivity contribution in [2.75, 3.05) is 6.54 Å². The van der Waals surface area contributed by atoms with Gasteiger partial charge in [-0.15, -0.1) is 0 Å². The van der Waals surface area contributed by atoms with E-state index in [0.717, 1.165) is 10.4 Å². The number of hydrogen-bond donors (Lipinski definition) is 1. The molecule has 3 atom stereocenters. The average Bonchev–Trinajstić information content (AvgIpc) is 2.79. The zero-order chi connectivity index (χ0) is 17.6. The number of nitro benzene ring substituents is 1. The van der Waals surface area contributed by atoms with Crippen molar-refractivity contribution < 1.29 is 23.2 Å². The molecular formula is C14H17N3O6S.